The van der Waals surface area contributed by atoms with E-state index < -0.39 is 42.0 Å². The van der Waals surface area contributed by atoms with E-state index in [-0.39, 0.29) is 41.3 Å². The summed E-state index contributed by atoms with van der Waals surface area (Å²) < 4.78 is 37.0. The lowest BCUT2D eigenvalue weighted by atomic mass is 9.40. The molecule has 2 aliphatic carbocycles. The van der Waals surface area contributed by atoms with Crippen LogP contribution in [0.25, 0.3) is 0 Å². The van der Waals surface area contributed by atoms with Gasteiger partial charge in [-0.15, -0.1) is 0 Å². The van der Waals surface area contributed by atoms with Crippen molar-refractivity contribution >= 4 is 11.9 Å². The van der Waals surface area contributed by atoms with Gasteiger partial charge in [-0.2, -0.15) is 0 Å². The van der Waals surface area contributed by atoms with Crippen LogP contribution in [0.15, 0.2) is 11.6 Å². The number of hydrogen-bond donors (Lipinski definition) is 1. The molecule has 5 heterocycles. The Morgan fingerprint density at radius 1 is 1.06 bits per heavy atom. The fraction of sp³-hybridized carbons (Fsp3) is 0.852. The number of fused-ring (bicyclic) bond motifs is 2. The van der Waals surface area contributed by atoms with Crippen molar-refractivity contribution in [1.82, 2.24) is 0 Å². The highest BCUT2D eigenvalue weighted by Gasteiger charge is 2.83. The van der Waals surface area contributed by atoms with Gasteiger partial charge in [-0.1, -0.05) is 19.9 Å². The molecule has 7 aliphatic rings. The van der Waals surface area contributed by atoms with Crippen molar-refractivity contribution < 1.29 is 43.1 Å². The van der Waals surface area contributed by atoms with Crippen molar-refractivity contribution in [2.24, 2.45) is 28.6 Å². The van der Waals surface area contributed by atoms with E-state index in [9.17, 15) is 14.7 Å². The van der Waals surface area contributed by atoms with Crippen LogP contribution in [0.3, 0.4) is 0 Å². The minimum atomic E-state index is -0.893. The van der Waals surface area contributed by atoms with Crippen LogP contribution < -0.4 is 0 Å². The van der Waals surface area contributed by atoms with Gasteiger partial charge in [0.15, 0.2) is 12.6 Å². The number of aliphatic hydroxyl groups excluding tert-OH is 1. The third-order valence-corrected chi connectivity index (χ3v) is 10.5. The highest BCUT2D eigenvalue weighted by molar-refractivity contribution is 5.87. The van der Waals surface area contributed by atoms with Gasteiger partial charge >= 0.3 is 11.9 Å². The zero-order valence-electron chi connectivity index (χ0n) is 21.7. The lowest BCUT2D eigenvalue weighted by Crippen LogP contribution is -2.77. The smallest absolute Gasteiger partial charge is 0.335 e. The zero-order chi connectivity index (χ0) is 25.6. The largest absolute Gasteiger partial charge is 0.462 e. The van der Waals surface area contributed by atoms with Gasteiger partial charge in [0.05, 0.1) is 18.8 Å². The maximum absolute atomic E-state index is 13.0. The van der Waals surface area contributed by atoms with E-state index in [0.29, 0.717) is 31.4 Å². The third kappa shape index (κ3) is 3.25. The molecule has 2 bridgehead atoms. The van der Waals surface area contributed by atoms with E-state index in [1.807, 2.05) is 0 Å². The molecule has 0 aromatic rings. The molecule has 12 atom stereocenters. The van der Waals surface area contributed by atoms with Crippen molar-refractivity contribution in [3.05, 3.63) is 11.6 Å². The van der Waals surface area contributed by atoms with Crippen molar-refractivity contribution in [2.45, 2.75) is 110 Å². The van der Waals surface area contributed by atoms with Gasteiger partial charge in [-0.3, -0.25) is 4.79 Å². The van der Waals surface area contributed by atoms with Crippen LogP contribution in [0.2, 0.25) is 0 Å². The number of hydrogen-bond acceptors (Lipinski definition) is 9. The topological polar surface area (TPSA) is 113 Å². The van der Waals surface area contributed by atoms with Gasteiger partial charge < -0.3 is 33.5 Å². The molecular weight excluding hydrogens is 468 g/mol. The summed E-state index contributed by atoms with van der Waals surface area (Å²) in [7, 11) is 0. The Labute approximate surface area is 211 Å². The van der Waals surface area contributed by atoms with Crippen molar-refractivity contribution in [3.63, 3.8) is 0 Å². The fourth-order valence-corrected chi connectivity index (χ4v) is 8.44. The summed E-state index contributed by atoms with van der Waals surface area (Å²) >= 11 is 0. The molecular formula is C27H38O9. The third-order valence-electron chi connectivity index (χ3n) is 10.5. The first-order chi connectivity index (χ1) is 17.0. The van der Waals surface area contributed by atoms with Crippen molar-refractivity contribution in [1.29, 1.82) is 0 Å². The molecule has 7 fully saturated rings. The van der Waals surface area contributed by atoms with Gasteiger partial charge in [0, 0.05) is 36.7 Å². The average Bonchev–Trinajstić information content (AvgIpc) is 3.31. The Balaban J connectivity index is 1.44. The van der Waals surface area contributed by atoms with E-state index in [4.69, 9.17) is 28.4 Å². The lowest BCUT2D eigenvalue weighted by Gasteiger charge is -2.69. The average molecular weight is 507 g/mol. The summed E-state index contributed by atoms with van der Waals surface area (Å²) in [4.78, 5) is 25.4. The number of epoxide rings is 1. The quantitative estimate of drug-likeness (QED) is 0.349. The van der Waals surface area contributed by atoms with Crippen LogP contribution in [-0.2, 0) is 38.0 Å². The molecule has 2 saturated carbocycles. The summed E-state index contributed by atoms with van der Waals surface area (Å²) in [6.45, 7) is 9.93. The van der Waals surface area contributed by atoms with Crippen molar-refractivity contribution in [3.8, 4) is 0 Å². The number of ether oxygens (including phenoxy) is 6. The molecule has 0 unspecified atom stereocenters. The number of carbonyl (C=O) groups excluding carboxylic acids is 2. The molecule has 9 heteroatoms. The number of rotatable bonds is 4. The van der Waals surface area contributed by atoms with E-state index in [1.54, 1.807) is 19.9 Å². The highest BCUT2D eigenvalue weighted by Crippen LogP contribution is 2.74. The highest BCUT2D eigenvalue weighted by atomic mass is 16.7. The molecule has 9 nitrogen and oxygen atoms in total. The van der Waals surface area contributed by atoms with Crippen LogP contribution in [0.5, 0.6) is 0 Å². The molecule has 0 aromatic carbocycles. The summed E-state index contributed by atoms with van der Waals surface area (Å²) in [5.74, 6) is -0.544. The van der Waals surface area contributed by atoms with Gasteiger partial charge in [0.2, 0.25) is 6.29 Å². The number of esters is 2. The maximum Gasteiger partial charge on any atom is 0.335 e. The molecule has 0 radical (unpaired) electrons. The minimum absolute atomic E-state index is 0.0365. The fourth-order valence-electron chi connectivity index (χ4n) is 8.44. The second kappa shape index (κ2) is 8.24. The van der Waals surface area contributed by atoms with E-state index in [0.717, 1.165) is 12.8 Å². The van der Waals surface area contributed by atoms with Crippen LogP contribution in [0.4, 0.5) is 0 Å². The monoisotopic (exact) mass is 506 g/mol. The van der Waals surface area contributed by atoms with Crippen LogP contribution in [0.1, 0.15) is 66.7 Å². The van der Waals surface area contributed by atoms with Gasteiger partial charge in [-0.05, 0) is 44.9 Å². The normalized spacial score (nSPS) is 53.2. The van der Waals surface area contributed by atoms with Gasteiger partial charge in [0.1, 0.15) is 17.1 Å². The van der Waals surface area contributed by atoms with E-state index in [2.05, 4.69) is 13.8 Å². The SMILES string of the molecule is C/C=C(\C)C(=O)O[C@H]1O[C@@H]2C[C@@H]3[C@@](C)([C@@H]4C[C@H]5C[C@@H](O)O[C@H]5O4)[C@H](C)C[C@H](OC(C)=O)[C@]13[C@@]1(CO1)C2. The molecule has 7 rings (SSSR count). The molecule has 5 saturated heterocycles. The Morgan fingerprint density at radius 3 is 2.44 bits per heavy atom. The number of allylic oxidation sites excluding steroid dienone is 1. The van der Waals surface area contributed by atoms with Gasteiger partial charge in [-0.25, -0.2) is 4.79 Å². The van der Waals surface area contributed by atoms with E-state index >= 15 is 0 Å². The minimum Gasteiger partial charge on any atom is -0.462 e. The molecule has 200 valence electrons. The summed E-state index contributed by atoms with van der Waals surface area (Å²) in [5, 5.41) is 9.96. The zero-order valence-corrected chi connectivity index (χ0v) is 21.7. The first-order valence-electron chi connectivity index (χ1n) is 13.3. The second-order valence-corrected chi connectivity index (χ2v) is 12.1. The van der Waals surface area contributed by atoms with E-state index in [1.165, 1.54) is 6.92 Å². The Morgan fingerprint density at radius 2 is 1.81 bits per heavy atom. The van der Waals surface area contributed by atoms with Crippen LogP contribution in [-0.4, -0.2) is 66.4 Å². The predicted octanol–water partition coefficient (Wildman–Crippen LogP) is 2.83. The summed E-state index contributed by atoms with van der Waals surface area (Å²) in [5.41, 5.74) is -1.26. The molecule has 0 aromatic heterocycles. The Kier molecular flexibility index (Phi) is 5.67. The molecule has 5 aliphatic heterocycles. The number of aliphatic hydroxyl groups is 1. The van der Waals surface area contributed by atoms with Crippen molar-refractivity contribution in [2.75, 3.05) is 6.61 Å². The Hall–Kier alpha value is -1.52. The lowest BCUT2D eigenvalue weighted by molar-refractivity contribution is -0.375. The summed E-state index contributed by atoms with van der Waals surface area (Å²) in [6.07, 6.45) is 2.25. The maximum atomic E-state index is 13.0. The molecule has 0 amide bonds. The summed E-state index contributed by atoms with van der Waals surface area (Å²) in [6, 6.07) is 0. The molecule has 2 spiro atoms. The number of carbonyl (C=O) groups is 2. The molecule has 1 N–H and O–H groups in total. The first-order valence-corrected chi connectivity index (χ1v) is 13.3. The van der Waals surface area contributed by atoms with Crippen LogP contribution in [0, 0.1) is 28.6 Å². The standard InChI is InChI=1S/C27H38O9/c1-6-13(2)22(30)36-24-27-18(10-17(33-24)11-26(27)12-31-26)25(5,14(3)7-20(27)32-15(4)28)19-8-16-9-21(29)35-23(16)34-19/h6,14,16-21,23-24,29H,7-12H2,1-5H3/b13-6+/t14-,16+,17-,18-,19+,20+,21+,23-,24-,25+,26+,27+/m1/s1. The first kappa shape index (κ1) is 24.8. The molecule has 36 heavy (non-hydrogen) atoms. The van der Waals surface area contributed by atoms with Gasteiger partial charge in [0.25, 0.3) is 0 Å². The predicted molar refractivity (Wildman–Crippen MR) is 124 cm³/mol. The second-order valence-electron chi connectivity index (χ2n) is 12.1. The Bertz CT molecular complexity index is 960. The van der Waals surface area contributed by atoms with Crippen LogP contribution >= 0.6 is 0 Å².